The first kappa shape index (κ1) is 21.7. The number of fused-ring (bicyclic) bond motifs is 1. The van der Waals surface area contributed by atoms with Crippen LogP contribution in [0.2, 0.25) is 0 Å². The maximum atomic E-state index is 13.3. The van der Waals surface area contributed by atoms with E-state index in [1.807, 2.05) is 42.7 Å². The van der Waals surface area contributed by atoms with Crippen molar-refractivity contribution in [1.29, 1.82) is 0 Å². The smallest absolute Gasteiger partial charge is 0.259 e. The van der Waals surface area contributed by atoms with Crippen molar-refractivity contribution in [3.8, 4) is 11.3 Å². The van der Waals surface area contributed by atoms with Crippen LogP contribution in [0.15, 0.2) is 59.8 Å². The monoisotopic (exact) mass is 455 g/mol. The maximum absolute atomic E-state index is 13.3. The van der Waals surface area contributed by atoms with Gasteiger partial charge in [-0.25, -0.2) is 4.98 Å². The molecule has 9 nitrogen and oxygen atoms in total. The minimum atomic E-state index is -0.267. The molecular formula is C25H25N7O2. The van der Waals surface area contributed by atoms with E-state index in [0.717, 1.165) is 22.8 Å². The summed E-state index contributed by atoms with van der Waals surface area (Å²) in [5, 5.41) is 9.17. The Bertz CT molecular complexity index is 1390. The van der Waals surface area contributed by atoms with Gasteiger partial charge in [0.1, 0.15) is 11.2 Å². The van der Waals surface area contributed by atoms with E-state index in [1.165, 1.54) is 0 Å². The van der Waals surface area contributed by atoms with Crippen LogP contribution >= 0.6 is 0 Å². The van der Waals surface area contributed by atoms with Crippen molar-refractivity contribution in [1.82, 2.24) is 29.6 Å². The van der Waals surface area contributed by atoms with E-state index < -0.39 is 0 Å². The molecule has 5 rings (SSSR count). The molecule has 1 fully saturated rings. The number of pyridine rings is 3. The van der Waals surface area contributed by atoms with Crippen molar-refractivity contribution < 1.29 is 4.79 Å². The summed E-state index contributed by atoms with van der Waals surface area (Å²) in [6, 6.07) is 11.2. The zero-order chi connectivity index (χ0) is 23.7. The third-order valence-corrected chi connectivity index (χ3v) is 6.13. The van der Waals surface area contributed by atoms with Gasteiger partial charge in [-0.3, -0.25) is 14.6 Å². The van der Waals surface area contributed by atoms with Crippen molar-refractivity contribution in [2.75, 3.05) is 31.1 Å². The third-order valence-electron chi connectivity index (χ3n) is 6.13. The number of anilines is 1. The van der Waals surface area contributed by atoms with E-state index >= 15 is 0 Å². The van der Waals surface area contributed by atoms with E-state index in [1.54, 1.807) is 35.6 Å². The van der Waals surface area contributed by atoms with Crippen LogP contribution in [0.5, 0.6) is 0 Å². The highest BCUT2D eigenvalue weighted by Gasteiger charge is 2.26. The number of piperazine rings is 1. The molecule has 34 heavy (non-hydrogen) atoms. The normalized spacial score (nSPS) is 13.9. The lowest BCUT2D eigenvalue weighted by Crippen LogP contribution is -2.50. The van der Waals surface area contributed by atoms with Crippen LogP contribution in [0, 0.1) is 6.92 Å². The fourth-order valence-electron chi connectivity index (χ4n) is 4.22. The van der Waals surface area contributed by atoms with Crippen LogP contribution in [-0.2, 0) is 6.54 Å². The van der Waals surface area contributed by atoms with Gasteiger partial charge in [-0.05, 0) is 50.2 Å². The SMILES string of the molecule is CCn1cc(C(=O)N2CCN(c3ccc(-c4cccnc4)nn3)CC2)c(=O)c2ccc(C)nc21. The second-order valence-electron chi connectivity index (χ2n) is 8.28. The molecule has 0 aromatic carbocycles. The highest BCUT2D eigenvalue weighted by Crippen LogP contribution is 2.19. The summed E-state index contributed by atoms with van der Waals surface area (Å²) in [4.78, 5) is 38.8. The van der Waals surface area contributed by atoms with Gasteiger partial charge in [-0.2, -0.15) is 0 Å². The van der Waals surface area contributed by atoms with Gasteiger partial charge in [0.2, 0.25) is 5.43 Å². The van der Waals surface area contributed by atoms with Gasteiger partial charge in [-0.15, -0.1) is 10.2 Å². The Morgan fingerprint density at radius 2 is 1.85 bits per heavy atom. The summed E-state index contributed by atoms with van der Waals surface area (Å²) in [7, 11) is 0. The predicted octanol–water partition coefficient (Wildman–Crippen LogP) is 2.54. The fraction of sp³-hybridized carbons (Fsp3) is 0.280. The molecule has 0 atom stereocenters. The topological polar surface area (TPSA) is 97.1 Å². The lowest BCUT2D eigenvalue weighted by Gasteiger charge is -2.35. The van der Waals surface area contributed by atoms with Gasteiger partial charge in [0.05, 0.1) is 11.1 Å². The van der Waals surface area contributed by atoms with Crippen molar-refractivity contribution >= 4 is 22.8 Å². The molecule has 4 aromatic heterocycles. The first-order valence-electron chi connectivity index (χ1n) is 11.3. The van der Waals surface area contributed by atoms with Crippen molar-refractivity contribution in [3.05, 3.63) is 76.5 Å². The number of amides is 1. The van der Waals surface area contributed by atoms with Crippen LogP contribution in [0.1, 0.15) is 23.0 Å². The fourth-order valence-corrected chi connectivity index (χ4v) is 4.22. The first-order chi connectivity index (χ1) is 16.5. The molecule has 1 saturated heterocycles. The number of hydrogen-bond acceptors (Lipinski definition) is 7. The number of aromatic nitrogens is 5. The number of rotatable bonds is 4. The Morgan fingerprint density at radius 1 is 1.03 bits per heavy atom. The Hall–Kier alpha value is -4.14. The Kier molecular flexibility index (Phi) is 5.75. The van der Waals surface area contributed by atoms with Gasteiger partial charge in [0.15, 0.2) is 5.82 Å². The molecule has 1 aliphatic rings. The minimum absolute atomic E-state index is 0.189. The van der Waals surface area contributed by atoms with Crippen LogP contribution in [0.4, 0.5) is 5.82 Å². The third kappa shape index (κ3) is 4.00. The van der Waals surface area contributed by atoms with Gasteiger partial charge in [0, 0.05) is 62.6 Å². The van der Waals surface area contributed by atoms with E-state index in [0.29, 0.717) is 43.8 Å². The van der Waals surface area contributed by atoms with Crippen molar-refractivity contribution in [2.24, 2.45) is 0 Å². The van der Waals surface area contributed by atoms with E-state index in [2.05, 4.69) is 25.1 Å². The zero-order valence-corrected chi connectivity index (χ0v) is 19.2. The highest BCUT2D eigenvalue weighted by atomic mass is 16.2. The molecule has 0 radical (unpaired) electrons. The quantitative estimate of drug-likeness (QED) is 0.466. The molecule has 0 unspecified atom stereocenters. The number of nitrogens with zero attached hydrogens (tertiary/aromatic N) is 7. The van der Waals surface area contributed by atoms with Gasteiger partial charge >= 0.3 is 0 Å². The van der Waals surface area contributed by atoms with Crippen LogP contribution < -0.4 is 10.3 Å². The molecule has 0 bridgehead atoms. The Labute approximate surface area is 196 Å². The molecule has 1 amide bonds. The summed E-state index contributed by atoms with van der Waals surface area (Å²) >= 11 is 0. The van der Waals surface area contributed by atoms with E-state index in [-0.39, 0.29) is 16.9 Å². The first-order valence-corrected chi connectivity index (χ1v) is 11.3. The number of carbonyl (C=O) groups excluding carboxylic acids is 1. The van der Waals surface area contributed by atoms with Gasteiger partial charge < -0.3 is 14.4 Å². The molecule has 5 heterocycles. The number of hydrogen-bond donors (Lipinski definition) is 0. The Morgan fingerprint density at radius 3 is 2.53 bits per heavy atom. The second kappa shape index (κ2) is 9.01. The lowest BCUT2D eigenvalue weighted by atomic mass is 10.1. The van der Waals surface area contributed by atoms with Crippen LogP contribution in [-0.4, -0.2) is 61.7 Å². The van der Waals surface area contributed by atoms with Crippen molar-refractivity contribution in [2.45, 2.75) is 20.4 Å². The molecule has 172 valence electrons. The highest BCUT2D eigenvalue weighted by molar-refractivity contribution is 5.97. The molecule has 1 aliphatic heterocycles. The van der Waals surface area contributed by atoms with Crippen LogP contribution in [0.3, 0.4) is 0 Å². The largest absolute Gasteiger partial charge is 0.352 e. The number of carbonyl (C=O) groups is 1. The standard InChI is InChI=1S/C25H25N7O2/c1-3-30-16-20(23(33)19-7-6-17(2)27-24(19)30)25(34)32-13-11-31(12-14-32)22-9-8-21(28-29-22)18-5-4-10-26-15-18/h4-10,15-16H,3,11-14H2,1-2H3. The Balaban J connectivity index is 1.32. The van der Waals surface area contributed by atoms with Crippen molar-refractivity contribution in [3.63, 3.8) is 0 Å². The van der Waals surface area contributed by atoms with Crippen LogP contribution in [0.25, 0.3) is 22.3 Å². The maximum Gasteiger partial charge on any atom is 0.259 e. The lowest BCUT2D eigenvalue weighted by molar-refractivity contribution is 0.0744. The predicted molar refractivity (Wildman–Crippen MR) is 130 cm³/mol. The summed E-state index contributed by atoms with van der Waals surface area (Å²) < 4.78 is 1.87. The number of aryl methyl sites for hydroxylation is 2. The molecule has 0 aliphatic carbocycles. The van der Waals surface area contributed by atoms with E-state index in [4.69, 9.17) is 0 Å². The minimum Gasteiger partial charge on any atom is -0.352 e. The summed E-state index contributed by atoms with van der Waals surface area (Å²) in [6.45, 7) is 6.71. The summed E-state index contributed by atoms with van der Waals surface area (Å²) in [6.07, 6.45) is 5.12. The van der Waals surface area contributed by atoms with Gasteiger partial charge in [-0.1, -0.05) is 0 Å². The van der Waals surface area contributed by atoms with E-state index in [9.17, 15) is 9.59 Å². The molecule has 0 spiro atoms. The van der Waals surface area contributed by atoms with Gasteiger partial charge in [0.25, 0.3) is 5.91 Å². The summed E-state index contributed by atoms with van der Waals surface area (Å²) in [5.41, 5.74) is 3.04. The zero-order valence-electron chi connectivity index (χ0n) is 19.2. The summed E-state index contributed by atoms with van der Waals surface area (Å²) in [5.74, 6) is 0.521. The molecule has 4 aromatic rings. The second-order valence-corrected chi connectivity index (χ2v) is 8.28. The molecular weight excluding hydrogens is 430 g/mol. The average molecular weight is 456 g/mol. The molecule has 9 heteroatoms. The average Bonchev–Trinajstić information content (AvgIpc) is 2.89. The molecule has 0 N–H and O–H groups in total. The molecule has 0 saturated carbocycles.